The van der Waals surface area contributed by atoms with Gasteiger partial charge in [-0.2, -0.15) is 0 Å². The fraction of sp³-hybridized carbons (Fsp3) is 0.333. The summed E-state index contributed by atoms with van der Waals surface area (Å²) >= 11 is 0. The number of methoxy groups -OCH3 is 1. The van der Waals surface area contributed by atoms with Crippen LogP contribution in [0.4, 0.5) is 0 Å². The largest absolute Gasteiger partial charge is 0.496 e. The Morgan fingerprint density at radius 3 is 2.61 bits per heavy atom. The molecule has 0 aliphatic heterocycles. The minimum Gasteiger partial charge on any atom is -0.496 e. The molecule has 0 saturated carbocycles. The van der Waals surface area contributed by atoms with Crippen LogP contribution >= 0.6 is 0 Å². The van der Waals surface area contributed by atoms with Gasteiger partial charge in [-0.1, -0.05) is 25.1 Å². The number of rotatable bonds is 5. The molecule has 2 aromatic rings. The van der Waals surface area contributed by atoms with E-state index in [2.05, 4.69) is 18.3 Å². The van der Waals surface area contributed by atoms with Crippen molar-refractivity contribution in [3.05, 3.63) is 53.5 Å². The quantitative estimate of drug-likeness (QED) is 0.877. The predicted molar refractivity (Wildman–Crippen MR) is 72.0 cm³/mol. The number of nitrogens with one attached hydrogen (secondary N) is 1. The van der Waals surface area contributed by atoms with Gasteiger partial charge >= 0.3 is 0 Å². The van der Waals surface area contributed by atoms with Crippen LogP contribution in [-0.4, -0.2) is 13.7 Å². The van der Waals surface area contributed by atoms with Crippen molar-refractivity contribution < 1.29 is 9.15 Å². The molecule has 0 aliphatic rings. The molecule has 0 aliphatic carbocycles. The molecule has 18 heavy (non-hydrogen) atoms. The zero-order valence-electron chi connectivity index (χ0n) is 11.1. The number of hydrogen-bond donors (Lipinski definition) is 1. The maximum absolute atomic E-state index is 5.44. The van der Waals surface area contributed by atoms with Crippen LogP contribution in [0.2, 0.25) is 0 Å². The standard InChI is InChI=1S/C15H19NO2/c1-4-16-15(12-9-10-18-11(12)2)13-7-5-6-8-14(13)17-3/h5-10,15-16H,4H2,1-3H3. The molecule has 1 heterocycles. The van der Waals surface area contributed by atoms with Gasteiger partial charge < -0.3 is 14.5 Å². The summed E-state index contributed by atoms with van der Waals surface area (Å²) in [5.74, 6) is 1.83. The highest BCUT2D eigenvalue weighted by Gasteiger charge is 2.20. The Balaban J connectivity index is 2.45. The van der Waals surface area contributed by atoms with Crippen LogP contribution in [0.5, 0.6) is 5.75 Å². The van der Waals surface area contributed by atoms with Gasteiger partial charge in [-0.05, 0) is 25.6 Å². The molecule has 1 N–H and O–H groups in total. The summed E-state index contributed by atoms with van der Waals surface area (Å²) in [6.07, 6.45) is 1.73. The highest BCUT2D eigenvalue weighted by molar-refractivity contribution is 5.42. The van der Waals surface area contributed by atoms with E-state index in [0.29, 0.717) is 0 Å². The molecule has 96 valence electrons. The number of benzene rings is 1. The summed E-state index contributed by atoms with van der Waals surface area (Å²) in [6, 6.07) is 10.2. The highest BCUT2D eigenvalue weighted by atomic mass is 16.5. The van der Waals surface area contributed by atoms with Crippen LogP contribution in [0.15, 0.2) is 41.0 Å². The van der Waals surface area contributed by atoms with Gasteiger partial charge in [0.2, 0.25) is 0 Å². The first-order valence-electron chi connectivity index (χ1n) is 6.18. The van der Waals surface area contributed by atoms with Crippen LogP contribution in [-0.2, 0) is 0 Å². The first-order valence-corrected chi connectivity index (χ1v) is 6.18. The lowest BCUT2D eigenvalue weighted by Crippen LogP contribution is -2.22. The Morgan fingerprint density at radius 2 is 2.00 bits per heavy atom. The van der Waals surface area contributed by atoms with E-state index in [0.717, 1.165) is 29.2 Å². The Kier molecular flexibility index (Phi) is 4.05. The van der Waals surface area contributed by atoms with E-state index in [1.165, 1.54) is 0 Å². The average molecular weight is 245 g/mol. The molecule has 3 nitrogen and oxygen atoms in total. The van der Waals surface area contributed by atoms with Crippen LogP contribution in [0.1, 0.15) is 29.9 Å². The molecule has 0 amide bonds. The predicted octanol–water partition coefficient (Wildman–Crippen LogP) is 3.30. The van der Waals surface area contributed by atoms with Gasteiger partial charge in [-0.25, -0.2) is 0 Å². The van der Waals surface area contributed by atoms with E-state index < -0.39 is 0 Å². The van der Waals surface area contributed by atoms with Crippen molar-refractivity contribution in [3.63, 3.8) is 0 Å². The van der Waals surface area contributed by atoms with Crippen LogP contribution in [0.25, 0.3) is 0 Å². The lowest BCUT2D eigenvalue weighted by atomic mass is 9.98. The molecule has 1 aromatic carbocycles. The Labute approximate surface area is 108 Å². The lowest BCUT2D eigenvalue weighted by Gasteiger charge is -2.20. The molecule has 0 radical (unpaired) electrons. The van der Waals surface area contributed by atoms with Crippen molar-refractivity contribution in [2.24, 2.45) is 0 Å². The van der Waals surface area contributed by atoms with Gasteiger partial charge in [0.15, 0.2) is 0 Å². The summed E-state index contributed by atoms with van der Waals surface area (Å²) in [4.78, 5) is 0. The van der Waals surface area contributed by atoms with Gasteiger partial charge in [0.05, 0.1) is 19.4 Å². The minimum absolute atomic E-state index is 0.102. The van der Waals surface area contributed by atoms with Crippen molar-refractivity contribution in [3.8, 4) is 5.75 Å². The van der Waals surface area contributed by atoms with Crippen molar-refractivity contribution in [1.29, 1.82) is 0 Å². The van der Waals surface area contributed by atoms with Crippen molar-refractivity contribution in [2.75, 3.05) is 13.7 Å². The van der Waals surface area contributed by atoms with E-state index >= 15 is 0 Å². The topological polar surface area (TPSA) is 34.4 Å². The summed E-state index contributed by atoms with van der Waals surface area (Å²) in [5, 5.41) is 3.48. The lowest BCUT2D eigenvalue weighted by molar-refractivity contribution is 0.404. The number of ether oxygens (including phenoxy) is 1. The molecule has 0 bridgehead atoms. The van der Waals surface area contributed by atoms with E-state index in [9.17, 15) is 0 Å². The number of para-hydroxylation sites is 1. The molecule has 0 fully saturated rings. The van der Waals surface area contributed by atoms with E-state index in [1.807, 2.05) is 31.2 Å². The van der Waals surface area contributed by atoms with Crippen LogP contribution < -0.4 is 10.1 Å². The first kappa shape index (κ1) is 12.7. The Morgan fingerprint density at radius 1 is 1.22 bits per heavy atom. The van der Waals surface area contributed by atoms with Gasteiger partial charge in [-0.3, -0.25) is 0 Å². The first-order chi connectivity index (χ1) is 8.77. The third kappa shape index (κ3) is 2.41. The summed E-state index contributed by atoms with van der Waals surface area (Å²) in [7, 11) is 1.70. The SMILES string of the molecule is CCNC(c1ccccc1OC)c1ccoc1C. The maximum Gasteiger partial charge on any atom is 0.123 e. The van der Waals surface area contributed by atoms with E-state index in [4.69, 9.17) is 9.15 Å². The Hall–Kier alpha value is -1.74. The highest BCUT2D eigenvalue weighted by Crippen LogP contribution is 2.31. The number of aryl methyl sites for hydroxylation is 1. The fourth-order valence-electron chi connectivity index (χ4n) is 2.19. The molecule has 1 aromatic heterocycles. The van der Waals surface area contributed by atoms with Gasteiger partial charge in [0.1, 0.15) is 11.5 Å². The molecule has 1 unspecified atom stereocenters. The van der Waals surface area contributed by atoms with Crippen molar-refractivity contribution in [2.45, 2.75) is 19.9 Å². The molecule has 2 rings (SSSR count). The molecular weight excluding hydrogens is 226 g/mol. The molecular formula is C15H19NO2. The van der Waals surface area contributed by atoms with Crippen LogP contribution in [0, 0.1) is 6.92 Å². The van der Waals surface area contributed by atoms with Crippen LogP contribution in [0.3, 0.4) is 0 Å². The molecule has 1 atom stereocenters. The number of hydrogen-bond acceptors (Lipinski definition) is 3. The average Bonchev–Trinajstić information content (AvgIpc) is 2.82. The third-order valence-electron chi connectivity index (χ3n) is 3.07. The molecule has 0 spiro atoms. The van der Waals surface area contributed by atoms with E-state index in [-0.39, 0.29) is 6.04 Å². The second-order valence-electron chi connectivity index (χ2n) is 4.16. The second-order valence-corrected chi connectivity index (χ2v) is 4.16. The summed E-state index contributed by atoms with van der Waals surface area (Å²) in [6.45, 7) is 4.96. The zero-order chi connectivity index (χ0) is 13.0. The van der Waals surface area contributed by atoms with Crippen molar-refractivity contribution in [1.82, 2.24) is 5.32 Å². The third-order valence-corrected chi connectivity index (χ3v) is 3.07. The second kappa shape index (κ2) is 5.74. The summed E-state index contributed by atoms with van der Waals surface area (Å²) < 4.78 is 10.8. The minimum atomic E-state index is 0.102. The van der Waals surface area contributed by atoms with Crippen molar-refractivity contribution >= 4 is 0 Å². The molecule has 0 saturated heterocycles. The smallest absolute Gasteiger partial charge is 0.123 e. The van der Waals surface area contributed by atoms with E-state index in [1.54, 1.807) is 13.4 Å². The molecule has 3 heteroatoms. The Bertz CT molecular complexity index is 505. The maximum atomic E-state index is 5.44. The monoisotopic (exact) mass is 245 g/mol. The van der Waals surface area contributed by atoms with Gasteiger partial charge in [0.25, 0.3) is 0 Å². The number of furan rings is 1. The summed E-state index contributed by atoms with van der Waals surface area (Å²) in [5.41, 5.74) is 2.28. The fourth-order valence-corrected chi connectivity index (χ4v) is 2.19. The van der Waals surface area contributed by atoms with Gasteiger partial charge in [-0.15, -0.1) is 0 Å². The normalized spacial score (nSPS) is 12.4. The van der Waals surface area contributed by atoms with Gasteiger partial charge in [0, 0.05) is 11.1 Å². The zero-order valence-corrected chi connectivity index (χ0v) is 11.1.